The maximum atomic E-state index is 13.1. The van der Waals surface area contributed by atoms with Gasteiger partial charge >= 0.3 is 0 Å². The predicted octanol–water partition coefficient (Wildman–Crippen LogP) is 4.54. The first-order valence-electron chi connectivity index (χ1n) is 10.3. The third kappa shape index (κ3) is 7.94. The van der Waals surface area contributed by atoms with Crippen molar-refractivity contribution >= 4 is 23.6 Å². The Morgan fingerprint density at radius 3 is 2.21 bits per heavy atom. The molecule has 0 spiro atoms. The van der Waals surface area contributed by atoms with Gasteiger partial charge in [-0.15, -0.1) is 11.8 Å². The van der Waals surface area contributed by atoms with Crippen LogP contribution in [0, 0.1) is 0 Å². The van der Waals surface area contributed by atoms with Gasteiger partial charge < -0.3 is 10.2 Å². The highest BCUT2D eigenvalue weighted by atomic mass is 32.2. The molecule has 29 heavy (non-hydrogen) atoms. The molecule has 2 rings (SSSR count). The topological polar surface area (TPSA) is 49.4 Å². The lowest BCUT2D eigenvalue weighted by molar-refractivity contribution is -0.140. The molecule has 156 valence electrons. The van der Waals surface area contributed by atoms with Gasteiger partial charge in [-0.1, -0.05) is 55.5 Å². The molecule has 1 atom stereocenters. The number of carbonyl (C=O) groups excluding carboxylic acids is 2. The Balaban J connectivity index is 2.04. The van der Waals surface area contributed by atoms with E-state index >= 15 is 0 Å². The van der Waals surface area contributed by atoms with E-state index in [2.05, 4.69) is 17.4 Å². The quantitative estimate of drug-likeness (QED) is 0.551. The fraction of sp³-hybridized carbons (Fsp3) is 0.417. The minimum atomic E-state index is -0.435. The smallest absolute Gasteiger partial charge is 0.242 e. The Hall–Kier alpha value is -2.27. The largest absolute Gasteiger partial charge is 0.352 e. The van der Waals surface area contributed by atoms with Crippen molar-refractivity contribution in [2.75, 3.05) is 12.3 Å². The zero-order chi connectivity index (χ0) is 21.1. The number of amides is 2. The summed E-state index contributed by atoms with van der Waals surface area (Å²) < 4.78 is 0. The summed E-state index contributed by atoms with van der Waals surface area (Å²) in [5, 5.41) is 2.97. The van der Waals surface area contributed by atoms with Crippen LogP contribution >= 0.6 is 11.8 Å². The summed E-state index contributed by atoms with van der Waals surface area (Å²) in [6.45, 7) is 6.39. The standard InChI is InChI=1S/C24H32N2O2S/c1-4-22(24(28)25-19(2)3)26(17-15-20-11-7-5-8-12-20)23(27)16-18-29-21-13-9-6-10-14-21/h5-14,19,22H,4,15-18H2,1-3H3,(H,25,28). The van der Waals surface area contributed by atoms with Crippen molar-refractivity contribution in [3.05, 3.63) is 66.2 Å². The molecule has 1 unspecified atom stereocenters. The highest BCUT2D eigenvalue weighted by Gasteiger charge is 2.28. The van der Waals surface area contributed by atoms with Gasteiger partial charge in [-0.25, -0.2) is 0 Å². The molecule has 2 aromatic rings. The molecule has 4 nitrogen and oxygen atoms in total. The van der Waals surface area contributed by atoms with Gasteiger partial charge in [-0.05, 0) is 44.4 Å². The highest BCUT2D eigenvalue weighted by molar-refractivity contribution is 7.99. The molecule has 0 heterocycles. The molecule has 0 bridgehead atoms. The molecule has 0 saturated carbocycles. The first kappa shape index (κ1) is 23.0. The Labute approximate surface area is 179 Å². The molecule has 1 N–H and O–H groups in total. The summed E-state index contributed by atoms with van der Waals surface area (Å²) in [7, 11) is 0. The Bertz CT molecular complexity index is 750. The number of thioether (sulfide) groups is 1. The lowest BCUT2D eigenvalue weighted by Crippen LogP contribution is -2.51. The van der Waals surface area contributed by atoms with E-state index < -0.39 is 6.04 Å². The lowest BCUT2D eigenvalue weighted by Gasteiger charge is -2.31. The zero-order valence-electron chi connectivity index (χ0n) is 17.6. The fourth-order valence-electron chi connectivity index (χ4n) is 3.19. The van der Waals surface area contributed by atoms with E-state index in [-0.39, 0.29) is 17.9 Å². The van der Waals surface area contributed by atoms with Crippen LogP contribution in [0.15, 0.2) is 65.6 Å². The minimum Gasteiger partial charge on any atom is -0.352 e. The van der Waals surface area contributed by atoms with Crippen molar-refractivity contribution in [3.63, 3.8) is 0 Å². The number of carbonyl (C=O) groups is 2. The highest BCUT2D eigenvalue weighted by Crippen LogP contribution is 2.19. The van der Waals surface area contributed by atoms with Gasteiger partial charge in [0.05, 0.1) is 0 Å². The number of hydrogen-bond donors (Lipinski definition) is 1. The zero-order valence-corrected chi connectivity index (χ0v) is 18.5. The van der Waals surface area contributed by atoms with E-state index in [1.54, 1.807) is 16.7 Å². The molecule has 0 aliphatic carbocycles. The van der Waals surface area contributed by atoms with Crippen molar-refractivity contribution in [2.24, 2.45) is 0 Å². The molecule has 5 heteroatoms. The van der Waals surface area contributed by atoms with Crippen molar-refractivity contribution in [1.29, 1.82) is 0 Å². The molecule has 0 radical (unpaired) electrons. The maximum absolute atomic E-state index is 13.1. The van der Waals surface area contributed by atoms with Gasteiger partial charge in [0.15, 0.2) is 0 Å². The number of nitrogens with one attached hydrogen (secondary N) is 1. The predicted molar refractivity (Wildman–Crippen MR) is 121 cm³/mol. The van der Waals surface area contributed by atoms with E-state index in [1.165, 1.54) is 5.56 Å². The van der Waals surface area contributed by atoms with Crippen LogP contribution in [0.3, 0.4) is 0 Å². The third-order valence-electron chi connectivity index (χ3n) is 4.63. The molecule has 2 amide bonds. The monoisotopic (exact) mass is 412 g/mol. The summed E-state index contributed by atoms with van der Waals surface area (Å²) in [4.78, 5) is 28.7. The first-order chi connectivity index (χ1) is 14.0. The third-order valence-corrected chi connectivity index (χ3v) is 5.64. The van der Waals surface area contributed by atoms with Gasteiger partial charge in [0.25, 0.3) is 0 Å². The van der Waals surface area contributed by atoms with E-state index in [0.29, 0.717) is 25.1 Å². The molecular formula is C24H32N2O2S. The van der Waals surface area contributed by atoms with Gasteiger partial charge in [-0.3, -0.25) is 9.59 Å². The van der Waals surface area contributed by atoms with Crippen LogP contribution in [0.5, 0.6) is 0 Å². The minimum absolute atomic E-state index is 0.0371. The SMILES string of the molecule is CCC(C(=O)NC(C)C)N(CCc1ccccc1)C(=O)CCSc1ccccc1. The first-order valence-corrected chi connectivity index (χ1v) is 11.3. The van der Waals surface area contributed by atoms with Crippen molar-refractivity contribution < 1.29 is 9.59 Å². The Morgan fingerprint density at radius 1 is 1.00 bits per heavy atom. The number of hydrogen-bond acceptors (Lipinski definition) is 3. The van der Waals surface area contributed by atoms with Crippen LogP contribution in [0.4, 0.5) is 0 Å². The Morgan fingerprint density at radius 2 is 1.62 bits per heavy atom. The summed E-state index contributed by atoms with van der Waals surface area (Å²) in [5.41, 5.74) is 1.17. The second-order valence-corrected chi connectivity index (χ2v) is 8.49. The average molecular weight is 413 g/mol. The maximum Gasteiger partial charge on any atom is 0.242 e. The summed E-state index contributed by atoms with van der Waals surface area (Å²) >= 11 is 1.67. The molecule has 0 saturated heterocycles. The second kappa shape index (κ2) is 12.3. The van der Waals surface area contributed by atoms with Gasteiger partial charge in [0, 0.05) is 29.7 Å². The van der Waals surface area contributed by atoms with Gasteiger partial charge in [0.1, 0.15) is 6.04 Å². The van der Waals surface area contributed by atoms with E-state index in [1.807, 2.05) is 69.3 Å². The summed E-state index contributed by atoms with van der Waals surface area (Å²) in [5.74, 6) is 0.669. The van der Waals surface area contributed by atoms with E-state index in [4.69, 9.17) is 0 Å². The average Bonchev–Trinajstić information content (AvgIpc) is 2.72. The molecule has 0 aliphatic heterocycles. The number of nitrogens with zero attached hydrogens (tertiary/aromatic N) is 1. The molecule has 0 aromatic heterocycles. The second-order valence-electron chi connectivity index (χ2n) is 7.32. The van der Waals surface area contributed by atoms with Crippen LogP contribution < -0.4 is 5.32 Å². The van der Waals surface area contributed by atoms with E-state index in [9.17, 15) is 9.59 Å². The van der Waals surface area contributed by atoms with Crippen LogP contribution in [-0.4, -0.2) is 41.1 Å². The van der Waals surface area contributed by atoms with Gasteiger partial charge in [0.2, 0.25) is 11.8 Å². The van der Waals surface area contributed by atoms with Crippen LogP contribution in [0.2, 0.25) is 0 Å². The fourth-order valence-corrected chi connectivity index (χ4v) is 4.06. The van der Waals surface area contributed by atoms with Crippen molar-refractivity contribution in [2.45, 2.75) is 57.0 Å². The lowest BCUT2D eigenvalue weighted by atomic mass is 10.1. The van der Waals surface area contributed by atoms with Crippen molar-refractivity contribution in [3.8, 4) is 0 Å². The molecular weight excluding hydrogens is 380 g/mol. The van der Waals surface area contributed by atoms with E-state index in [0.717, 1.165) is 11.3 Å². The van der Waals surface area contributed by atoms with Gasteiger partial charge in [-0.2, -0.15) is 0 Å². The van der Waals surface area contributed by atoms with Crippen LogP contribution in [0.25, 0.3) is 0 Å². The van der Waals surface area contributed by atoms with Crippen LogP contribution in [0.1, 0.15) is 39.2 Å². The molecule has 0 aliphatic rings. The summed E-state index contributed by atoms with van der Waals surface area (Å²) in [6.07, 6.45) is 1.76. The Kier molecular flexibility index (Phi) is 9.78. The molecule has 2 aromatic carbocycles. The van der Waals surface area contributed by atoms with Crippen LogP contribution in [-0.2, 0) is 16.0 Å². The summed E-state index contributed by atoms with van der Waals surface area (Å²) in [6, 6.07) is 19.8. The molecule has 0 fully saturated rings. The normalized spacial score (nSPS) is 11.9. The van der Waals surface area contributed by atoms with Crippen molar-refractivity contribution in [1.82, 2.24) is 10.2 Å². The number of benzene rings is 2. The number of rotatable bonds is 11.